The predicted molar refractivity (Wildman–Crippen MR) is 175 cm³/mol. The van der Waals surface area contributed by atoms with E-state index in [0.717, 1.165) is 56.5 Å². The molecule has 2 aromatic heterocycles. The van der Waals surface area contributed by atoms with Crippen molar-refractivity contribution in [1.82, 2.24) is 14.9 Å². The molecule has 2 saturated heterocycles. The first kappa shape index (κ1) is 31.4. The van der Waals surface area contributed by atoms with E-state index in [2.05, 4.69) is 21.3 Å². The number of likely N-dealkylation sites (N-methyl/N-ethyl adjacent to an activating group) is 1. The molecule has 15 heteroatoms. The number of nitrogens with one attached hydrogen (secondary N) is 2. The summed E-state index contributed by atoms with van der Waals surface area (Å²) in [7, 11) is 2.04. The van der Waals surface area contributed by atoms with Gasteiger partial charge in [0.1, 0.15) is 17.2 Å². The number of sulfonamides is 1. The third-order valence-electron chi connectivity index (χ3n) is 9.05. The maximum atomic E-state index is 13.9. The van der Waals surface area contributed by atoms with Crippen LogP contribution in [0.15, 0.2) is 39.8 Å². The second-order valence-corrected chi connectivity index (χ2v) is 13.7. The number of anilines is 4. The Labute approximate surface area is 273 Å². The van der Waals surface area contributed by atoms with E-state index in [9.17, 15) is 8.42 Å². The van der Waals surface area contributed by atoms with Gasteiger partial charge in [0, 0.05) is 61.8 Å². The normalized spacial score (nSPS) is 19.9. The van der Waals surface area contributed by atoms with E-state index in [-0.39, 0.29) is 34.5 Å². The van der Waals surface area contributed by atoms with E-state index >= 15 is 0 Å². The summed E-state index contributed by atoms with van der Waals surface area (Å²) in [6.45, 7) is 2.00. The van der Waals surface area contributed by atoms with Crippen LogP contribution < -0.4 is 29.1 Å². The summed E-state index contributed by atoms with van der Waals surface area (Å²) in [5.74, 6) is 1.84. The Kier molecular flexibility index (Phi) is 8.53. The highest BCUT2D eigenvalue weighted by Gasteiger charge is 2.33. The van der Waals surface area contributed by atoms with Crippen molar-refractivity contribution in [2.24, 2.45) is 0 Å². The Morgan fingerprint density at radius 1 is 0.936 bits per heavy atom. The van der Waals surface area contributed by atoms with Crippen molar-refractivity contribution < 1.29 is 36.6 Å². The summed E-state index contributed by atoms with van der Waals surface area (Å²) < 4.78 is 66.3. The van der Waals surface area contributed by atoms with Crippen LogP contribution in [0.25, 0.3) is 11.0 Å². The fourth-order valence-electron chi connectivity index (χ4n) is 6.30. The molecule has 2 atom stereocenters. The molecule has 4 aromatic rings. The lowest BCUT2D eigenvalue weighted by molar-refractivity contribution is -0.0409. The minimum absolute atomic E-state index is 0.00648. The maximum absolute atomic E-state index is 13.9. The molecule has 3 aliphatic rings. The smallest absolute Gasteiger partial charge is 0.270 e. The molecule has 0 spiro atoms. The third kappa shape index (κ3) is 6.14. The zero-order valence-electron chi connectivity index (χ0n) is 26.9. The molecule has 3 fully saturated rings. The first-order valence-electron chi connectivity index (χ1n) is 15.8. The van der Waals surface area contributed by atoms with Crippen molar-refractivity contribution in [2.45, 2.75) is 61.6 Å². The molecule has 4 heterocycles. The highest BCUT2D eigenvalue weighted by atomic mass is 32.2. The van der Waals surface area contributed by atoms with Gasteiger partial charge in [0.2, 0.25) is 0 Å². The van der Waals surface area contributed by atoms with Gasteiger partial charge in [-0.15, -0.1) is 0 Å². The number of aromatic nitrogens is 3. The Morgan fingerprint density at radius 3 is 2.34 bits per heavy atom. The van der Waals surface area contributed by atoms with Crippen molar-refractivity contribution >= 4 is 44.0 Å². The van der Waals surface area contributed by atoms with Gasteiger partial charge in [-0.1, -0.05) is 5.16 Å². The molecule has 47 heavy (non-hydrogen) atoms. The molecule has 252 valence electrons. The standard InChI is InChI=1S/C32H40N6O8S/c1-37(20-10-12-44-18-20)21-13-27(42-3)31(28(14-21)43-4)47(39,40)36-32-22-15-26(41-2)23(16-25(22)46-35-32)33-29-17-24(19-8-9-19)38(34-29)30-7-5-6-11-45-30/h13-17,19-20,30H,5-12,18H2,1-4H3,(H,33,34)(H,35,36). The predicted octanol–water partition coefficient (Wildman–Crippen LogP) is 5.40. The Morgan fingerprint density at radius 2 is 1.70 bits per heavy atom. The van der Waals surface area contributed by atoms with Crippen molar-refractivity contribution in [3.63, 3.8) is 0 Å². The Bertz CT molecular complexity index is 1830. The highest BCUT2D eigenvalue weighted by molar-refractivity contribution is 7.93. The molecule has 0 bridgehead atoms. The van der Waals surface area contributed by atoms with Crippen molar-refractivity contribution in [3.8, 4) is 17.2 Å². The van der Waals surface area contributed by atoms with Crippen LogP contribution in [0.5, 0.6) is 17.2 Å². The summed E-state index contributed by atoms with van der Waals surface area (Å²) in [4.78, 5) is 1.87. The van der Waals surface area contributed by atoms with Gasteiger partial charge in [-0.3, -0.25) is 4.72 Å². The topological polar surface area (TPSA) is 151 Å². The monoisotopic (exact) mass is 668 g/mol. The molecule has 0 amide bonds. The largest absolute Gasteiger partial charge is 0.495 e. The number of hydrogen-bond acceptors (Lipinski definition) is 12. The Balaban J connectivity index is 1.17. The molecule has 2 unspecified atom stereocenters. The van der Waals surface area contributed by atoms with E-state index < -0.39 is 10.0 Å². The van der Waals surface area contributed by atoms with Crippen molar-refractivity contribution in [2.75, 3.05) is 63.1 Å². The second kappa shape index (κ2) is 12.8. The average Bonchev–Trinajstić information content (AvgIpc) is 3.43. The first-order valence-corrected chi connectivity index (χ1v) is 17.3. The average molecular weight is 669 g/mol. The number of nitrogens with zero attached hydrogens (tertiary/aromatic N) is 4. The van der Waals surface area contributed by atoms with E-state index in [1.807, 2.05) is 16.6 Å². The van der Waals surface area contributed by atoms with Gasteiger partial charge in [0.15, 0.2) is 28.3 Å². The van der Waals surface area contributed by atoms with Gasteiger partial charge < -0.3 is 38.4 Å². The minimum Gasteiger partial charge on any atom is -0.495 e. The number of ether oxygens (including phenoxy) is 5. The van der Waals surface area contributed by atoms with Crippen LogP contribution in [0.2, 0.25) is 0 Å². The van der Waals surface area contributed by atoms with Crippen LogP contribution in [0.1, 0.15) is 56.4 Å². The molecule has 0 radical (unpaired) electrons. The van der Waals surface area contributed by atoms with E-state index in [1.54, 1.807) is 31.4 Å². The van der Waals surface area contributed by atoms with Crippen molar-refractivity contribution in [1.29, 1.82) is 0 Å². The maximum Gasteiger partial charge on any atom is 0.270 e. The van der Waals surface area contributed by atoms with Crippen LogP contribution >= 0.6 is 0 Å². The summed E-state index contributed by atoms with van der Waals surface area (Å²) in [6.07, 6.45) is 6.18. The van der Waals surface area contributed by atoms with Gasteiger partial charge in [0.25, 0.3) is 10.0 Å². The number of methoxy groups -OCH3 is 3. The number of benzene rings is 2. The molecule has 14 nitrogen and oxygen atoms in total. The van der Waals surface area contributed by atoms with Crippen molar-refractivity contribution in [3.05, 3.63) is 36.0 Å². The number of fused-ring (bicyclic) bond motifs is 1. The molecule has 2 N–H and O–H groups in total. The zero-order chi connectivity index (χ0) is 32.7. The SMILES string of the molecule is COc1cc2c(NS(=O)(=O)c3c(OC)cc(N(C)C4CCOC4)cc3OC)noc2cc1Nc1cc(C2CC2)n(C2CCCCO2)n1. The lowest BCUT2D eigenvalue weighted by atomic mass is 10.2. The number of hydrogen-bond donors (Lipinski definition) is 2. The summed E-state index contributed by atoms with van der Waals surface area (Å²) in [6, 6.07) is 8.95. The molecule has 7 rings (SSSR count). The van der Waals surface area contributed by atoms with Gasteiger partial charge in [0.05, 0.1) is 45.1 Å². The fraction of sp³-hybridized carbons (Fsp3) is 0.500. The van der Waals surface area contributed by atoms with Crippen LogP contribution in [0.4, 0.5) is 23.0 Å². The zero-order valence-corrected chi connectivity index (χ0v) is 27.8. The van der Waals surface area contributed by atoms with Crippen LogP contribution in [-0.4, -0.2) is 77.6 Å². The van der Waals surface area contributed by atoms with E-state index in [1.165, 1.54) is 14.2 Å². The molecule has 1 saturated carbocycles. The van der Waals surface area contributed by atoms with Crippen LogP contribution in [0.3, 0.4) is 0 Å². The molecule has 2 aromatic carbocycles. The lowest BCUT2D eigenvalue weighted by Crippen LogP contribution is -2.31. The lowest BCUT2D eigenvalue weighted by Gasteiger charge is -2.27. The number of rotatable bonds is 12. The van der Waals surface area contributed by atoms with Gasteiger partial charge in [-0.25, -0.2) is 13.1 Å². The first-order chi connectivity index (χ1) is 22.8. The van der Waals surface area contributed by atoms with Gasteiger partial charge in [-0.05, 0) is 44.6 Å². The molecule has 1 aliphatic carbocycles. The second-order valence-electron chi connectivity index (χ2n) is 12.1. The van der Waals surface area contributed by atoms with Gasteiger partial charge >= 0.3 is 0 Å². The molecular formula is C32H40N6O8S. The molecular weight excluding hydrogens is 628 g/mol. The summed E-state index contributed by atoms with van der Waals surface area (Å²) >= 11 is 0. The Hall–Kier alpha value is -4.21. The van der Waals surface area contributed by atoms with E-state index in [0.29, 0.717) is 47.4 Å². The fourth-order valence-corrected chi connectivity index (χ4v) is 7.61. The summed E-state index contributed by atoms with van der Waals surface area (Å²) in [5, 5.41) is 12.7. The quantitative estimate of drug-likeness (QED) is 0.199. The summed E-state index contributed by atoms with van der Waals surface area (Å²) in [5.41, 5.74) is 2.84. The highest BCUT2D eigenvalue weighted by Crippen LogP contribution is 2.44. The van der Waals surface area contributed by atoms with Crippen LogP contribution in [0, 0.1) is 0 Å². The van der Waals surface area contributed by atoms with E-state index in [4.69, 9.17) is 33.3 Å². The van der Waals surface area contributed by atoms with Gasteiger partial charge in [-0.2, -0.15) is 5.10 Å². The van der Waals surface area contributed by atoms with Crippen LogP contribution in [-0.2, 0) is 19.5 Å². The third-order valence-corrected chi connectivity index (χ3v) is 10.5. The minimum atomic E-state index is -4.26. The molecule has 2 aliphatic heterocycles.